The van der Waals surface area contributed by atoms with Gasteiger partial charge in [0.25, 0.3) is 0 Å². The van der Waals surface area contributed by atoms with Gasteiger partial charge in [-0.25, -0.2) is 0 Å². The molecule has 3 aromatic rings. The Bertz CT molecular complexity index is 789. The summed E-state index contributed by atoms with van der Waals surface area (Å²) in [6.07, 6.45) is 0. The summed E-state index contributed by atoms with van der Waals surface area (Å²) in [5, 5.41) is 5.93. The summed E-state index contributed by atoms with van der Waals surface area (Å²) in [6.45, 7) is 2.48. The molecule has 2 heteroatoms. The molecule has 0 amide bonds. The molecule has 0 spiro atoms. The van der Waals surface area contributed by atoms with E-state index in [1.807, 2.05) is 0 Å². The zero-order valence-corrected chi connectivity index (χ0v) is 11.8. The summed E-state index contributed by atoms with van der Waals surface area (Å²) in [6, 6.07) is 21.4. The van der Waals surface area contributed by atoms with Gasteiger partial charge in [0.2, 0.25) is 0 Å². The molecule has 3 aromatic carbocycles. The molecule has 0 saturated carbocycles. The lowest BCUT2D eigenvalue weighted by atomic mass is 9.96. The summed E-state index contributed by atoms with van der Waals surface area (Å²) in [4.78, 5) is 0. The van der Waals surface area contributed by atoms with E-state index in [9.17, 15) is 0 Å². The summed E-state index contributed by atoms with van der Waals surface area (Å²) < 4.78 is 6.02. The van der Waals surface area contributed by atoms with Gasteiger partial charge in [-0.3, -0.25) is 0 Å². The highest BCUT2D eigenvalue weighted by atomic mass is 16.5. The number of nitrogens with one attached hydrogen (secondary N) is 1. The molecule has 1 N–H and O–H groups in total. The molecule has 1 aliphatic heterocycles. The minimum atomic E-state index is 0.717. The fraction of sp³-hybridized carbons (Fsp3) is 0.158. The van der Waals surface area contributed by atoms with E-state index in [4.69, 9.17) is 4.74 Å². The van der Waals surface area contributed by atoms with Crippen molar-refractivity contribution >= 4 is 10.8 Å². The molecule has 0 aliphatic carbocycles. The second-order valence-corrected chi connectivity index (χ2v) is 5.35. The third-order valence-electron chi connectivity index (χ3n) is 4.02. The molecule has 0 radical (unpaired) electrons. The van der Waals surface area contributed by atoms with Gasteiger partial charge < -0.3 is 10.1 Å². The van der Waals surface area contributed by atoms with Crippen molar-refractivity contribution in [3.8, 4) is 16.9 Å². The van der Waals surface area contributed by atoms with Crippen LogP contribution in [0.1, 0.15) is 5.56 Å². The second kappa shape index (κ2) is 5.23. The molecule has 4 rings (SSSR count). The van der Waals surface area contributed by atoms with Gasteiger partial charge in [0.05, 0.1) is 0 Å². The van der Waals surface area contributed by atoms with Gasteiger partial charge in [-0.15, -0.1) is 0 Å². The predicted molar refractivity (Wildman–Crippen MR) is 86.6 cm³/mol. The van der Waals surface area contributed by atoms with Gasteiger partial charge in [0, 0.05) is 24.2 Å². The Hall–Kier alpha value is -2.32. The lowest BCUT2D eigenvalue weighted by molar-refractivity contribution is 0.327. The van der Waals surface area contributed by atoms with Crippen LogP contribution in [0.25, 0.3) is 21.9 Å². The van der Waals surface area contributed by atoms with Crippen LogP contribution in [0.4, 0.5) is 0 Å². The first-order valence-corrected chi connectivity index (χ1v) is 7.37. The highest BCUT2D eigenvalue weighted by molar-refractivity contribution is 5.98. The Morgan fingerprint density at radius 2 is 1.62 bits per heavy atom. The van der Waals surface area contributed by atoms with E-state index < -0.39 is 0 Å². The van der Waals surface area contributed by atoms with Crippen LogP contribution >= 0.6 is 0 Å². The van der Waals surface area contributed by atoms with Crippen molar-refractivity contribution in [2.24, 2.45) is 0 Å². The molecule has 0 saturated heterocycles. The molecule has 0 fully saturated rings. The summed E-state index contributed by atoms with van der Waals surface area (Å²) >= 11 is 0. The lowest BCUT2D eigenvalue weighted by Gasteiger charge is -2.14. The monoisotopic (exact) mass is 275 g/mol. The van der Waals surface area contributed by atoms with E-state index >= 15 is 0 Å². The van der Waals surface area contributed by atoms with Gasteiger partial charge in [-0.2, -0.15) is 0 Å². The number of fused-ring (bicyclic) bond motifs is 2. The van der Waals surface area contributed by atoms with Crippen LogP contribution < -0.4 is 10.1 Å². The van der Waals surface area contributed by atoms with Crippen LogP contribution in [0.2, 0.25) is 0 Å². The normalized spacial score (nSPS) is 14.3. The van der Waals surface area contributed by atoms with Gasteiger partial charge >= 0.3 is 0 Å². The van der Waals surface area contributed by atoms with E-state index in [2.05, 4.69) is 66.0 Å². The number of hydrogen-bond acceptors (Lipinski definition) is 2. The summed E-state index contributed by atoms with van der Waals surface area (Å²) in [5.74, 6) is 1.03. The molecule has 1 heterocycles. The Labute approximate surface area is 124 Å². The molecule has 104 valence electrons. The van der Waals surface area contributed by atoms with Gasteiger partial charge in [0.1, 0.15) is 12.4 Å². The van der Waals surface area contributed by atoms with Gasteiger partial charge in [-0.05, 0) is 16.3 Å². The van der Waals surface area contributed by atoms with Gasteiger partial charge in [-0.1, -0.05) is 60.7 Å². The van der Waals surface area contributed by atoms with Crippen molar-refractivity contribution in [1.29, 1.82) is 0 Å². The third kappa shape index (κ3) is 2.18. The molecule has 0 atom stereocenters. The molecule has 0 unspecified atom stereocenters. The average molecular weight is 275 g/mol. The highest BCUT2D eigenvalue weighted by Crippen LogP contribution is 2.37. The first kappa shape index (κ1) is 12.4. The first-order valence-electron chi connectivity index (χ1n) is 7.37. The zero-order valence-electron chi connectivity index (χ0n) is 11.8. The maximum atomic E-state index is 6.02. The van der Waals surface area contributed by atoms with Crippen molar-refractivity contribution in [3.63, 3.8) is 0 Å². The number of benzene rings is 3. The summed E-state index contributed by atoms with van der Waals surface area (Å²) in [7, 11) is 0. The standard InChI is InChI=1S/C19H17NO/c1-2-8-16-14(5-1)6-3-9-17(16)18-10-4-7-15-13-20-11-12-21-19(15)18/h1-10,20H,11-13H2. The van der Waals surface area contributed by atoms with Crippen LogP contribution in [0.3, 0.4) is 0 Å². The van der Waals surface area contributed by atoms with E-state index in [0.717, 1.165) is 25.4 Å². The van der Waals surface area contributed by atoms with Crippen LogP contribution in [0, 0.1) is 0 Å². The van der Waals surface area contributed by atoms with E-state index in [-0.39, 0.29) is 0 Å². The van der Waals surface area contributed by atoms with Crippen molar-refractivity contribution < 1.29 is 4.74 Å². The topological polar surface area (TPSA) is 21.3 Å². The fourth-order valence-corrected chi connectivity index (χ4v) is 3.02. The number of rotatable bonds is 1. The van der Waals surface area contributed by atoms with Crippen LogP contribution in [0.15, 0.2) is 60.7 Å². The predicted octanol–water partition coefficient (Wildman–Crippen LogP) is 3.99. The average Bonchev–Trinajstić information content (AvgIpc) is 2.79. The maximum absolute atomic E-state index is 6.02. The maximum Gasteiger partial charge on any atom is 0.131 e. The number of para-hydroxylation sites is 1. The lowest BCUT2D eigenvalue weighted by Crippen LogP contribution is -2.16. The van der Waals surface area contributed by atoms with Crippen molar-refractivity contribution in [3.05, 3.63) is 66.2 Å². The van der Waals surface area contributed by atoms with Crippen LogP contribution in [0.5, 0.6) is 5.75 Å². The first-order chi connectivity index (χ1) is 10.4. The quantitative estimate of drug-likeness (QED) is 0.725. The molecule has 0 aromatic heterocycles. The molecule has 2 nitrogen and oxygen atoms in total. The van der Waals surface area contributed by atoms with Gasteiger partial charge in [0.15, 0.2) is 0 Å². The molecule has 0 bridgehead atoms. The van der Waals surface area contributed by atoms with E-state index in [1.165, 1.54) is 27.5 Å². The zero-order chi connectivity index (χ0) is 14.1. The van der Waals surface area contributed by atoms with Crippen molar-refractivity contribution in [2.75, 3.05) is 13.2 Å². The minimum absolute atomic E-state index is 0.717. The second-order valence-electron chi connectivity index (χ2n) is 5.35. The molecule has 1 aliphatic rings. The molecule has 21 heavy (non-hydrogen) atoms. The SMILES string of the molecule is c1cc2c(c(-c3cccc4ccccc34)c1)OCCNC2. The van der Waals surface area contributed by atoms with Crippen molar-refractivity contribution in [1.82, 2.24) is 5.32 Å². The van der Waals surface area contributed by atoms with E-state index in [0.29, 0.717) is 0 Å². The fourth-order valence-electron chi connectivity index (χ4n) is 3.02. The van der Waals surface area contributed by atoms with Crippen molar-refractivity contribution in [2.45, 2.75) is 6.54 Å². The highest BCUT2D eigenvalue weighted by Gasteiger charge is 2.15. The molecular formula is C19H17NO. The molecular weight excluding hydrogens is 258 g/mol. The van der Waals surface area contributed by atoms with E-state index in [1.54, 1.807) is 0 Å². The minimum Gasteiger partial charge on any atom is -0.491 e. The largest absolute Gasteiger partial charge is 0.491 e. The smallest absolute Gasteiger partial charge is 0.131 e. The van der Waals surface area contributed by atoms with Crippen LogP contribution in [-0.4, -0.2) is 13.2 Å². The summed E-state index contributed by atoms with van der Waals surface area (Å²) in [5.41, 5.74) is 3.66. The number of ether oxygens (including phenoxy) is 1. The van der Waals surface area contributed by atoms with Crippen LogP contribution in [-0.2, 0) is 6.54 Å². The Morgan fingerprint density at radius 3 is 2.62 bits per heavy atom. The Balaban J connectivity index is 1.97. The third-order valence-corrected chi connectivity index (χ3v) is 4.02. The number of hydrogen-bond donors (Lipinski definition) is 1. The Kier molecular flexibility index (Phi) is 3.09. The Morgan fingerprint density at radius 1 is 0.810 bits per heavy atom.